The number of aromatic nitrogens is 1. The minimum Gasteiger partial charge on any atom is -0.481 e. The summed E-state index contributed by atoms with van der Waals surface area (Å²) in [5.74, 6) is -1.55. The van der Waals surface area contributed by atoms with Crippen LogP contribution in [0, 0.1) is 5.82 Å². The van der Waals surface area contributed by atoms with Gasteiger partial charge in [-0.15, -0.1) is 11.8 Å². The van der Waals surface area contributed by atoms with Gasteiger partial charge in [-0.2, -0.15) is 0 Å². The van der Waals surface area contributed by atoms with Crippen molar-refractivity contribution in [1.82, 2.24) is 4.98 Å². The van der Waals surface area contributed by atoms with Crippen molar-refractivity contribution < 1.29 is 18.7 Å². The number of carboxylic acid groups (broad SMARTS) is 1. The van der Waals surface area contributed by atoms with Gasteiger partial charge in [-0.1, -0.05) is 19.4 Å². The predicted molar refractivity (Wildman–Crippen MR) is 108 cm³/mol. The van der Waals surface area contributed by atoms with Crippen molar-refractivity contribution in [1.29, 1.82) is 0 Å². The van der Waals surface area contributed by atoms with Gasteiger partial charge in [0.1, 0.15) is 17.5 Å². The standard InChI is InChI=1S/C22H25F2NO2S/c1-14(5-2-9-20(26)27)21-16(13-23)11-15(12-19(21)24)18-8-4-10-25-22(18)28-17-6-3-7-17/h4,8,10-12,14,17H,2-3,5-7,9,13H2,1H3,(H,26,27)/t14-/m1/s1. The number of halogens is 2. The van der Waals surface area contributed by atoms with E-state index in [1.54, 1.807) is 24.0 Å². The number of hydrogen-bond donors (Lipinski definition) is 1. The number of carbonyl (C=O) groups is 1. The maximum Gasteiger partial charge on any atom is 0.303 e. The lowest BCUT2D eigenvalue weighted by Gasteiger charge is -2.25. The topological polar surface area (TPSA) is 50.2 Å². The molecule has 1 saturated carbocycles. The third-order valence-electron chi connectivity index (χ3n) is 5.29. The number of aliphatic carboxylic acids is 1. The Balaban J connectivity index is 1.88. The third-order valence-corrected chi connectivity index (χ3v) is 6.65. The van der Waals surface area contributed by atoms with Gasteiger partial charge in [-0.25, -0.2) is 13.8 Å². The Morgan fingerprint density at radius 1 is 1.39 bits per heavy atom. The molecule has 0 amide bonds. The van der Waals surface area contributed by atoms with Gasteiger partial charge in [0.15, 0.2) is 0 Å². The van der Waals surface area contributed by atoms with Gasteiger partial charge in [0.25, 0.3) is 0 Å². The molecule has 150 valence electrons. The zero-order valence-corrected chi connectivity index (χ0v) is 16.8. The molecule has 1 N–H and O–H groups in total. The van der Waals surface area contributed by atoms with E-state index in [0.717, 1.165) is 23.4 Å². The molecule has 1 heterocycles. The lowest BCUT2D eigenvalue weighted by Crippen LogP contribution is -2.13. The van der Waals surface area contributed by atoms with Crippen LogP contribution in [0.25, 0.3) is 11.1 Å². The molecule has 28 heavy (non-hydrogen) atoms. The first-order valence-corrected chi connectivity index (χ1v) is 10.6. The number of hydrogen-bond acceptors (Lipinski definition) is 3. The lowest BCUT2D eigenvalue weighted by atomic mass is 9.89. The molecule has 6 heteroatoms. The molecule has 3 rings (SSSR count). The number of alkyl halides is 1. The summed E-state index contributed by atoms with van der Waals surface area (Å²) >= 11 is 1.71. The summed E-state index contributed by atoms with van der Waals surface area (Å²) in [4.78, 5) is 15.2. The van der Waals surface area contributed by atoms with Gasteiger partial charge in [0.2, 0.25) is 0 Å². The highest BCUT2D eigenvalue weighted by Crippen LogP contribution is 2.41. The number of nitrogens with zero attached hydrogens (tertiary/aromatic N) is 1. The molecule has 1 aromatic heterocycles. The minimum absolute atomic E-state index is 0.0342. The summed E-state index contributed by atoms with van der Waals surface area (Å²) in [6.45, 7) is 1.07. The van der Waals surface area contributed by atoms with Crippen molar-refractivity contribution in [3.05, 3.63) is 47.4 Å². The minimum atomic E-state index is -0.873. The maximum atomic E-state index is 15.0. The van der Waals surface area contributed by atoms with Gasteiger partial charge in [0.05, 0.1) is 0 Å². The fraction of sp³-hybridized carbons (Fsp3) is 0.455. The van der Waals surface area contributed by atoms with Crippen LogP contribution in [0.15, 0.2) is 35.5 Å². The van der Waals surface area contributed by atoms with E-state index in [1.165, 1.54) is 12.5 Å². The molecule has 0 bridgehead atoms. The summed E-state index contributed by atoms with van der Waals surface area (Å²) in [6.07, 6.45) is 6.27. The quantitative estimate of drug-likeness (QED) is 0.527. The van der Waals surface area contributed by atoms with E-state index < -0.39 is 18.5 Å². The number of carboxylic acids is 1. The molecule has 0 spiro atoms. The van der Waals surface area contributed by atoms with E-state index in [4.69, 9.17) is 5.11 Å². The Bertz CT molecular complexity index is 839. The Kier molecular flexibility index (Phi) is 7.05. The van der Waals surface area contributed by atoms with E-state index >= 15 is 0 Å². The molecule has 1 atom stereocenters. The van der Waals surface area contributed by atoms with Gasteiger partial charge in [-0.05, 0) is 66.5 Å². The van der Waals surface area contributed by atoms with Gasteiger partial charge >= 0.3 is 5.97 Å². The summed E-state index contributed by atoms with van der Waals surface area (Å²) in [6, 6.07) is 6.90. The molecule has 1 aliphatic carbocycles. The van der Waals surface area contributed by atoms with Crippen LogP contribution in [0.3, 0.4) is 0 Å². The molecule has 1 fully saturated rings. The third kappa shape index (κ3) is 4.90. The smallest absolute Gasteiger partial charge is 0.303 e. The molecule has 0 radical (unpaired) electrons. The summed E-state index contributed by atoms with van der Waals surface area (Å²) in [7, 11) is 0. The highest BCUT2D eigenvalue weighted by molar-refractivity contribution is 8.00. The van der Waals surface area contributed by atoms with E-state index in [2.05, 4.69) is 4.98 Å². The highest BCUT2D eigenvalue weighted by Gasteiger charge is 2.23. The van der Waals surface area contributed by atoms with Gasteiger partial charge in [-0.3, -0.25) is 4.79 Å². The van der Waals surface area contributed by atoms with Crippen LogP contribution in [-0.2, 0) is 11.5 Å². The van der Waals surface area contributed by atoms with E-state index in [0.29, 0.717) is 34.8 Å². The SMILES string of the molecule is C[C@H](CCCC(=O)O)c1c(F)cc(-c2cccnc2SC2CCC2)cc1CF. The molecule has 0 saturated heterocycles. The van der Waals surface area contributed by atoms with Crippen molar-refractivity contribution in [2.24, 2.45) is 0 Å². The first-order chi connectivity index (χ1) is 13.5. The monoisotopic (exact) mass is 405 g/mol. The highest BCUT2D eigenvalue weighted by atomic mass is 32.2. The van der Waals surface area contributed by atoms with Crippen molar-refractivity contribution in [3.8, 4) is 11.1 Å². The summed E-state index contributed by atoms with van der Waals surface area (Å²) < 4.78 is 28.7. The molecule has 1 aliphatic rings. The first kappa shape index (κ1) is 20.8. The first-order valence-electron chi connectivity index (χ1n) is 9.71. The van der Waals surface area contributed by atoms with Gasteiger partial charge in [0, 0.05) is 23.4 Å². The molecule has 1 aromatic carbocycles. The van der Waals surface area contributed by atoms with Crippen LogP contribution in [-0.4, -0.2) is 21.3 Å². The number of rotatable bonds is 9. The molecular weight excluding hydrogens is 380 g/mol. The Hall–Kier alpha value is -1.95. The second-order valence-corrected chi connectivity index (χ2v) is 8.67. The van der Waals surface area contributed by atoms with Crippen LogP contribution in [0.5, 0.6) is 0 Å². The normalized spacial score (nSPS) is 15.2. The molecule has 0 unspecified atom stereocenters. The fourth-order valence-corrected chi connectivity index (χ4v) is 4.87. The lowest BCUT2D eigenvalue weighted by molar-refractivity contribution is -0.137. The Morgan fingerprint density at radius 2 is 2.18 bits per heavy atom. The molecule has 2 aromatic rings. The van der Waals surface area contributed by atoms with Crippen LogP contribution in [0.1, 0.15) is 62.5 Å². The molecule has 3 nitrogen and oxygen atoms in total. The zero-order chi connectivity index (χ0) is 20.1. The van der Waals surface area contributed by atoms with Crippen LogP contribution in [0.2, 0.25) is 0 Å². The number of pyridine rings is 1. The van der Waals surface area contributed by atoms with Crippen molar-refractivity contribution >= 4 is 17.7 Å². The predicted octanol–water partition coefficient (Wildman–Crippen LogP) is 6.36. The van der Waals surface area contributed by atoms with Crippen molar-refractivity contribution in [2.45, 2.75) is 68.3 Å². The average molecular weight is 406 g/mol. The van der Waals surface area contributed by atoms with Crippen LogP contribution >= 0.6 is 11.8 Å². The molecular formula is C22H25F2NO2S. The van der Waals surface area contributed by atoms with E-state index in [-0.39, 0.29) is 12.3 Å². The largest absolute Gasteiger partial charge is 0.481 e. The van der Waals surface area contributed by atoms with Crippen LogP contribution in [0.4, 0.5) is 8.78 Å². The summed E-state index contributed by atoms with van der Waals surface area (Å²) in [5.41, 5.74) is 2.16. The fourth-order valence-electron chi connectivity index (χ4n) is 3.55. The number of thioether (sulfide) groups is 1. The van der Waals surface area contributed by atoms with E-state index in [1.807, 2.05) is 19.1 Å². The maximum absolute atomic E-state index is 15.0. The van der Waals surface area contributed by atoms with Crippen molar-refractivity contribution in [2.75, 3.05) is 0 Å². The van der Waals surface area contributed by atoms with Crippen molar-refractivity contribution in [3.63, 3.8) is 0 Å². The Morgan fingerprint density at radius 3 is 2.82 bits per heavy atom. The Labute approximate surface area is 168 Å². The molecule has 0 aliphatic heterocycles. The van der Waals surface area contributed by atoms with E-state index in [9.17, 15) is 13.6 Å². The van der Waals surface area contributed by atoms with Gasteiger partial charge < -0.3 is 5.11 Å². The average Bonchev–Trinajstić information content (AvgIpc) is 2.63. The second-order valence-electron chi connectivity index (χ2n) is 7.38. The second kappa shape index (κ2) is 9.50. The number of benzene rings is 1. The summed E-state index contributed by atoms with van der Waals surface area (Å²) in [5, 5.41) is 10.2. The zero-order valence-electron chi connectivity index (χ0n) is 16.0. The van der Waals surface area contributed by atoms with Crippen LogP contribution < -0.4 is 0 Å².